The third-order valence-electron chi connectivity index (χ3n) is 1.67. The highest BCUT2D eigenvalue weighted by atomic mass is 16.2. The first-order valence-corrected chi connectivity index (χ1v) is 4.02. The highest BCUT2D eigenvalue weighted by molar-refractivity contribution is 5.73. The van der Waals surface area contributed by atoms with Crippen LogP contribution in [0.2, 0.25) is 0 Å². The maximum atomic E-state index is 10.8. The van der Waals surface area contributed by atoms with Gasteiger partial charge < -0.3 is 15.2 Å². The van der Waals surface area contributed by atoms with Gasteiger partial charge in [-0.05, 0) is 0 Å². The van der Waals surface area contributed by atoms with Crippen molar-refractivity contribution in [2.45, 2.75) is 6.42 Å². The first-order chi connectivity index (χ1) is 6.24. The molecule has 0 spiro atoms. The molecule has 2 amide bonds. The van der Waals surface area contributed by atoms with E-state index in [-0.39, 0.29) is 6.03 Å². The Bertz CT molecular complexity index is 282. The zero-order valence-electron chi connectivity index (χ0n) is 7.74. The Kier molecular flexibility index (Phi) is 3.24. The van der Waals surface area contributed by atoms with Crippen LogP contribution in [0.25, 0.3) is 0 Å². The molecular formula is C7H13N5O. The lowest BCUT2D eigenvalue weighted by Gasteiger charge is -2.02. The average molecular weight is 183 g/mol. The largest absolute Gasteiger partial charge is 0.341 e. The zero-order chi connectivity index (χ0) is 9.68. The van der Waals surface area contributed by atoms with E-state index in [1.54, 1.807) is 13.4 Å². The van der Waals surface area contributed by atoms with Gasteiger partial charge in [-0.3, -0.25) is 0 Å². The van der Waals surface area contributed by atoms with E-state index in [1.807, 2.05) is 11.6 Å². The summed E-state index contributed by atoms with van der Waals surface area (Å²) in [5, 5.41) is 12.7. The molecule has 0 aromatic carbocycles. The molecule has 6 heteroatoms. The van der Waals surface area contributed by atoms with Crippen molar-refractivity contribution < 1.29 is 4.79 Å². The van der Waals surface area contributed by atoms with Gasteiger partial charge in [-0.2, -0.15) is 0 Å². The van der Waals surface area contributed by atoms with Crippen molar-refractivity contribution in [3.63, 3.8) is 0 Å². The molecule has 0 aliphatic carbocycles. The van der Waals surface area contributed by atoms with Crippen molar-refractivity contribution in [3.05, 3.63) is 12.2 Å². The molecule has 6 nitrogen and oxygen atoms in total. The second-order valence-corrected chi connectivity index (χ2v) is 2.61. The smallest absolute Gasteiger partial charge is 0.314 e. The standard InChI is InChI=1S/C7H13N5O/c1-8-7(13)9-4-3-6-11-10-5-12(6)2/h5H,3-4H2,1-2H3,(H2,8,9,13). The summed E-state index contributed by atoms with van der Waals surface area (Å²) >= 11 is 0. The van der Waals surface area contributed by atoms with Crippen LogP contribution >= 0.6 is 0 Å². The number of amides is 2. The minimum atomic E-state index is -0.179. The molecule has 1 aromatic heterocycles. The summed E-state index contributed by atoms with van der Waals surface area (Å²) in [6.07, 6.45) is 2.32. The Hall–Kier alpha value is -1.59. The number of aryl methyl sites for hydroxylation is 1. The fourth-order valence-electron chi connectivity index (χ4n) is 0.910. The third kappa shape index (κ3) is 2.73. The van der Waals surface area contributed by atoms with E-state index in [9.17, 15) is 4.79 Å². The van der Waals surface area contributed by atoms with Crippen LogP contribution in [0.5, 0.6) is 0 Å². The number of nitrogens with zero attached hydrogens (tertiary/aromatic N) is 3. The van der Waals surface area contributed by atoms with Crippen LogP contribution in [0.4, 0.5) is 4.79 Å². The number of carbonyl (C=O) groups is 1. The summed E-state index contributed by atoms with van der Waals surface area (Å²) in [6, 6.07) is -0.179. The summed E-state index contributed by atoms with van der Waals surface area (Å²) in [5.74, 6) is 0.858. The lowest BCUT2D eigenvalue weighted by molar-refractivity contribution is 0.243. The van der Waals surface area contributed by atoms with Gasteiger partial charge in [0.15, 0.2) is 0 Å². The van der Waals surface area contributed by atoms with Gasteiger partial charge in [0, 0.05) is 27.1 Å². The predicted molar refractivity (Wildman–Crippen MR) is 47.2 cm³/mol. The van der Waals surface area contributed by atoms with E-state index < -0.39 is 0 Å². The Morgan fingerprint density at radius 2 is 2.46 bits per heavy atom. The monoisotopic (exact) mass is 183 g/mol. The van der Waals surface area contributed by atoms with Crippen LogP contribution < -0.4 is 10.6 Å². The number of nitrogens with one attached hydrogen (secondary N) is 2. The molecule has 13 heavy (non-hydrogen) atoms. The number of hydrogen-bond donors (Lipinski definition) is 2. The van der Waals surface area contributed by atoms with E-state index in [2.05, 4.69) is 20.8 Å². The van der Waals surface area contributed by atoms with Gasteiger partial charge >= 0.3 is 6.03 Å². The topological polar surface area (TPSA) is 71.8 Å². The Balaban J connectivity index is 2.28. The normalized spacial score (nSPS) is 9.69. The van der Waals surface area contributed by atoms with E-state index in [4.69, 9.17) is 0 Å². The summed E-state index contributed by atoms with van der Waals surface area (Å²) in [7, 11) is 3.45. The first kappa shape index (κ1) is 9.50. The van der Waals surface area contributed by atoms with Crippen LogP contribution in [0, 0.1) is 0 Å². The molecule has 0 bridgehead atoms. The molecule has 72 valence electrons. The number of hydrogen-bond acceptors (Lipinski definition) is 3. The van der Waals surface area contributed by atoms with Crippen molar-refractivity contribution in [3.8, 4) is 0 Å². The van der Waals surface area contributed by atoms with E-state index in [0.717, 1.165) is 5.82 Å². The number of urea groups is 1. The fourth-order valence-corrected chi connectivity index (χ4v) is 0.910. The average Bonchev–Trinajstić information content (AvgIpc) is 2.52. The van der Waals surface area contributed by atoms with Crippen molar-refractivity contribution in [1.82, 2.24) is 25.4 Å². The van der Waals surface area contributed by atoms with Crippen LogP contribution in [-0.2, 0) is 13.5 Å². The van der Waals surface area contributed by atoms with E-state index in [0.29, 0.717) is 13.0 Å². The van der Waals surface area contributed by atoms with Crippen LogP contribution in [-0.4, -0.2) is 34.4 Å². The van der Waals surface area contributed by atoms with Gasteiger partial charge in [0.2, 0.25) is 0 Å². The molecule has 0 atom stereocenters. The predicted octanol–water partition coefficient (Wildman–Crippen LogP) is -0.713. The van der Waals surface area contributed by atoms with Crippen molar-refractivity contribution >= 4 is 6.03 Å². The van der Waals surface area contributed by atoms with Crippen molar-refractivity contribution in [1.29, 1.82) is 0 Å². The maximum absolute atomic E-state index is 10.8. The molecule has 1 aromatic rings. The Morgan fingerprint density at radius 3 is 3.00 bits per heavy atom. The van der Waals surface area contributed by atoms with Gasteiger partial charge in [-0.15, -0.1) is 10.2 Å². The van der Waals surface area contributed by atoms with Crippen molar-refractivity contribution in [2.75, 3.05) is 13.6 Å². The van der Waals surface area contributed by atoms with E-state index >= 15 is 0 Å². The second-order valence-electron chi connectivity index (χ2n) is 2.61. The maximum Gasteiger partial charge on any atom is 0.314 e. The Labute approximate surface area is 76.3 Å². The molecule has 0 radical (unpaired) electrons. The van der Waals surface area contributed by atoms with Crippen LogP contribution in [0.3, 0.4) is 0 Å². The number of aromatic nitrogens is 3. The second kappa shape index (κ2) is 4.44. The molecule has 2 N–H and O–H groups in total. The third-order valence-corrected chi connectivity index (χ3v) is 1.67. The fraction of sp³-hybridized carbons (Fsp3) is 0.571. The van der Waals surface area contributed by atoms with E-state index in [1.165, 1.54) is 0 Å². The minimum Gasteiger partial charge on any atom is -0.341 e. The molecule has 0 saturated carbocycles. The molecule has 1 heterocycles. The van der Waals surface area contributed by atoms with Gasteiger partial charge in [0.05, 0.1) is 0 Å². The number of rotatable bonds is 3. The van der Waals surface area contributed by atoms with Gasteiger partial charge in [0.25, 0.3) is 0 Å². The molecular weight excluding hydrogens is 170 g/mol. The van der Waals surface area contributed by atoms with Crippen molar-refractivity contribution in [2.24, 2.45) is 7.05 Å². The Morgan fingerprint density at radius 1 is 1.69 bits per heavy atom. The summed E-state index contributed by atoms with van der Waals surface area (Å²) in [5.41, 5.74) is 0. The highest BCUT2D eigenvalue weighted by Gasteiger charge is 2.00. The highest BCUT2D eigenvalue weighted by Crippen LogP contribution is 1.90. The van der Waals surface area contributed by atoms with Gasteiger partial charge in [-0.25, -0.2) is 4.79 Å². The lowest BCUT2D eigenvalue weighted by Crippen LogP contribution is -2.34. The quantitative estimate of drug-likeness (QED) is 0.650. The van der Waals surface area contributed by atoms with Crippen LogP contribution in [0.1, 0.15) is 5.82 Å². The molecule has 0 unspecified atom stereocenters. The molecule has 0 saturated heterocycles. The molecule has 1 rings (SSSR count). The zero-order valence-corrected chi connectivity index (χ0v) is 7.74. The summed E-state index contributed by atoms with van der Waals surface area (Å²) in [4.78, 5) is 10.8. The molecule has 0 fully saturated rings. The molecule has 0 aliphatic heterocycles. The lowest BCUT2D eigenvalue weighted by atomic mass is 10.4. The van der Waals surface area contributed by atoms with Gasteiger partial charge in [0.1, 0.15) is 12.2 Å². The number of carbonyl (C=O) groups excluding carboxylic acids is 1. The first-order valence-electron chi connectivity index (χ1n) is 4.02. The summed E-state index contributed by atoms with van der Waals surface area (Å²) < 4.78 is 1.82. The summed E-state index contributed by atoms with van der Waals surface area (Å²) in [6.45, 7) is 0.562. The minimum absolute atomic E-state index is 0.179. The van der Waals surface area contributed by atoms with Gasteiger partial charge in [-0.1, -0.05) is 0 Å². The molecule has 0 aliphatic rings. The van der Waals surface area contributed by atoms with Crippen LogP contribution in [0.15, 0.2) is 6.33 Å². The SMILES string of the molecule is CNC(=O)NCCc1nncn1C.